The van der Waals surface area contributed by atoms with Gasteiger partial charge in [0.1, 0.15) is 6.10 Å². The molecule has 5 nitrogen and oxygen atoms in total. The fraction of sp³-hybridized carbons (Fsp3) is 0.667. The van der Waals surface area contributed by atoms with E-state index in [1.54, 1.807) is 0 Å². The van der Waals surface area contributed by atoms with E-state index in [2.05, 4.69) is 17.2 Å². The Morgan fingerprint density at radius 1 is 1.61 bits per heavy atom. The van der Waals surface area contributed by atoms with Crippen LogP contribution in [-0.4, -0.2) is 29.6 Å². The summed E-state index contributed by atoms with van der Waals surface area (Å²) in [5.74, 6) is -0.109. The smallest absolute Gasteiger partial charge is 0.255 e. The Balaban J connectivity index is 1.94. The number of anilines is 1. The van der Waals surface area contributed by atoms with Crippen LogP contribution >= 0.6 is 11.3 Å². The van der Waals surface area contributed by atoms with Crippen molar-refractivity contribution in [2.24, 2.45) is 5.73 Å². The standard InChI is InChI=1S/C12H19N3O2S/c1-3-9-7(2)18-12(14-9)15-11(16)10-5-4-8(6-13)17-10/h8,10H,3-6,13H2,1-2H3,(H,14,15,16)/t8-,10+/m1/s1. The number of hydrogen-bond acceptors (Lipinski definition) is 5. The summed E-state index contributed by atoms with van der Waals surface area (Å²) in [7, 11) is 0. The highest BCUT2D eigenvalue weighted by molar-refractivity contribution is 7.15. The van der Waals surface area contributed by atoms with Crippen LogP contribution in [0.4, 0.5) is 5.13 Å². The topological polar surface area (TPSA) is 77.2 Å². The van der Waals surface area contributed by atoms with Crippen LogP contribution in [0.1, 0.15) is 30.3 Å². The van der Waals surface area contributed by atoms with Gasteiger partial charge in [0.2, 0.25) is 0 Å². The van der Waals surface area contributed by atoms with Crippen LogP contribution in [-0.2, 0) is 16.0 Å². The highest BCUT2D eigenvalue weighted by atomic mass is 32.1. The van der Waals surface area contributed by atoms with Gasteiger partial charge in [0.05, 0.1) is 11.8 Å². The van der Waals surface area contributed by atoms with Gasteiger partial charge in [0.15, 0.2) is 5.13 Å². The molecular formula is C12H19N3O2S. The summed E-state index contributed by atoms with van der Waals surface area (Å²) in [6.07, 6.45) is 2.11. The first kappa shape index (κ1) is 13.5. The Labute approximate surface area is 111 Å². The first-order chi connectivity index (χ1) is 8.63. The lowest BCUT2D eigenvalue weighted by Crippen LogP contribution is -2.29. The molecule has 0 aliphatic carbocycles. The molecule has 0 bridgehead atoms. The summed E-state index contributed by atoms with van der Waals surface area (Å²) in [6.45, 7) is 4.54. The maximum Gasteiger partial charge on any atom is 0.255 e. The Kier molecular flexibility index (Phi) is 4.31. The van der Waals surface area contributed by atoms with Gasteiger partial charge >= 0.3 is 0 Å². The molecule has 0 unspecified atom stereocenters. The number of carbonyl (C=O) groups excluding carboxylic acids is 1. The van der Waals surface area contributed by atoms with Crippen LogP contribution in [0.3, 0.4) is 0 Å². The fourth-order valence-corrected chi connectivity index (χ4v) is 2.97. The molecule has 1 fully saturated rings. The molecule has 18 heavy (non-hydrogen) atoms. The molecule has 6 heteroatoms. The van der Waals surface area contributed by atoms with Gasteiger partial charge in [-0.1, -0.05) is 6.92 Å². The van der Waals surface area contributed by atoms with Crippen molar-refractivity contribution in [1.82, 2.24) is 4.98 Å². The van der Waals surface area contributed by atoms with Gasteiger partial charge in [-0.3, -0.25) is 10.1 Å². The number of ether oxygens (including phenoxy) is 1. The second-order valence-electron chi connectivity index (χ2n) is 4.42. The van der Waals surface area contributed by atoms with Gasteiger partial charge < -0.3 is 10.5 Å². The van der Waals surface area contributed by atoms with Crippen LogP contribution in [0.5, 0.6) is 0 Å². The largest absolute Gasteiger partial charge is 0.364 e. The van der Waals surface area contributed by atoms with Crippen molar-refractivity contribution >= 4 is 22.4 Å². The van der Waals surface area contributed by atoms with E-state index < -0.39 is 0 Å². The molecule has 2 rings (SSSR count). The number of amides is 1. The summed E-state index contributed by atoms with van der Waals surface area (Å²) in [6, 6.07) is 0. The SMILES string of the molecule is CCc1nc(NC(=O)[C@@H]2CC[C@H](CN)O2)sc1C. The number of nitrogens with two attached hydrogens (primary N) is 1. The first-order valence-electron chi connectivity index (χ1n) is 6.26. The minimum atomic E-state index is -0.382. The van der Waals surface area contributed by atoms with E-state index in [0.29, 0.717) is 11.7 Å². The van der Waals surface area contributed by atoms with Gasteiger partial charge in [-0.2, -0.15) is 0 Å². The number of thiazole rings is 1. The molecule has 1 saturated heterocycles. The quantitative estimate of drug-likeness (QED) is 0.867. The number of aryl methyl sites for hydroxylation is 2. The van der Waals surface area contributed by atoms with Crippen molar-refractivity contribution in [3.05, 3.63) is 10.6 Å². The van der Waals surface area contributed by atoms with E-state index in [1.165, 1.54) is 11.3 Å². The molecule has 1 aliphatic heterocycles. The van der Waals surface area contributed by atoms with E-state index >= 15 is 0 Å². The molecule has 0 radical (unpaired) electrons. The molecule has 2 atom stereocenters. The van der Waals surface area contributed by atoms with Crippen LogP contribution < -0.4 is 11.1 Å². The molecule has 0 saturated carbocycles. The Hall–Kier alpha value is -0.980. The lowest BCUT2D eigenvalue weighted by atomic mass is 10.2. The number of nitrogens with one attached hydrogen (secondary N) is 1. The third-order valence-electron chi connectivity index (χ3n) is 3.12. The monoisotopic (exact) mass is 269 g/mol. The highest BCUT2D eigenvalue weighted by Crippen LogP contribution is 2.24. The van der Waals surface area contributed by atoms with Crippen molar-refractivity contribution in [2.75, 3.05) is 11.9 Å². The van der Waals surface area contributed by atoms with Crippen molar-refractivity contribution in [3.63, 3.8) is 0 Å². The number of aromatic nitrogens is 1. The van der Waals surface area contributed by atoms with Crippen LogP contribution in [0, 0.1) is 6.92 Å². The minimum absolute atomic E-state index is 0.0185. The number of hydrogen-bond donors (Lipinski definition) is 2. The summed E-state index contributed by atoms with van der Waals surface area (Å²) in [5, 5.41) is 3.49. The third-order valence-corrected chi connectivity index (χ3v) is 4.05. The highest BCUT2D eigenvalue weighted by Gasteiger charge is 2.30. The van der Waals surface area contributed by atoms with E-state index in [4.69, 9.17) is 10.5 Å². The molecule has 1 aliphatic rings. The minimum Gasteiger partial charge on any atom is -0.364 e. The van der Waals surface area contributed by atoms with E-state index in [-0.39, 0.29) is 18.1 Å². The van der Waals surface area contributed by atoms with Gasteiger partial charge in [-0.05, 0) is 26.2 Å². The summed E-state index contributed by atoms with van der Waals surface area (Å²) >= 11 is 1.51. The predicted octanol–water partition coefficient (Wildman–Crippen LogP) is 1.46. The normalized spacial score (nSPS) is 23.3. The average Bonchev–Trinajstić information content (AvgIpc) is 2.95. The number of rotatable bonds is 4. The summed E-state index contributed by atoms with van der Waals surface area (Å²) in [4.78, 5) is 17.5. The lowest BCUT2D eigenvalue weighted by molar-refractivity contribution is -0.126. The second-order valence-corrected chi connectivity index (χ2v) is 5.63. The van der Waals surface area contributed by atoms with Crippen molar-refractivity contribution in [1.29, 1.82) is 0 Å². The Bertz CT molecular complexity index is 433. The third kappa shape index (κ3) is 2.88. The van der Waals surface area contributed by atoms with E-state index in [9.17, 15) is 4.79 Å². The average molecular weight is 269 g/mol. The number of carbonyl (C=O) groups is 1. The van der Waals surface area contributed by atoms with Crippen molar-refractivity contribution in [3.8, 4) is 0 Å². The van der Waals surface area contributed by atoms with Gasteiger partial charge in [-0.15, -0.1) is 11.3 Å². The zero-order valence-corrected chi connectivity index (χ0v) is 11.5. The van der Waals surface area contributed by atoms with Gasteiger partial charge in [0.25, 0.3) is 5.91 Å². The molecule has 2 heterocycles. The van der Waals surface area contributed by atoms with Crippen LogP contribution in [0.25, 0.3) is 0 Å². The fourth-order valence-electron chi connectivity index (χ4n) is 2.07. The first-order valence-corrected chi connectivity index (χ1v) is 7.08. The Morgan fingerprint density at radius 3 is 2.94 bits per heavy atom. The molecule has 1 aromatic heterocycles. The molecule has 3 N–H and O–H groups in total. The molecule has 100 valence electrons. The lowest BCUT2D eigenvalue weighted by Gasteiger charge is -2.11. The predicted molar refractivity (Wildman–Crippen MR) is 71.8 cm³/mol. The van der Waals surface area contributed by atoms with Gasteiger partial charge in [-0.25, -0.2) is 4.98 Å². The Morgan fingerprint density at radius 2 is 2.39 bits per heavy atom. The van der Waals surface area contributed by atoms with E-state index in [0.717, 1.165) is 29.8 Å². The summed E-state index contributed by atoms with van der Waals surface area (Å²) < 4.78 is 5.55. The van der Waals surface area contributed by atoms with Crippen molar-refractivity contribution < 1.29 is 9.53 Å². The maximum absolute atomic E-state index is 12.0. The van der Waals surface area contributed by atoms with Crippen molar-refractivity contribution in [2.45, 2.75) is 45.3 Å². The number of nitrogens with zero attached hydrogens (tertiary/aromatic N) is 1. The molecule has 0 aromatic carbocycles. The van der Waals surface area contributed by atoms with E-state index in [1.807, 2.05) is 6.92 Å². The van der Waals surface area contributed by atoms with Crippen LogP contribution in [0.15, 0.2) is 0 Å². The zero-order chi connectivity index (χ0) is 13.1. The molecule has 1 aromatic rings. The maximum atomic E-state index is 12.0. The van der Waals surface area contributed by atoms with Crippen LogP contribution in [0.2, 0.25) is 0 Å². The second kappa shape index (κ2) is 5.77. The molecular weight excluding hydrogens is 250 g/mol. The molecule has 1 amide bonds. The zero-order valence-electron chi connectivity index (χ0n) is 10.7. The molecule has 0 spiro atoms. The van der Waals surface area contributed by atoms with Gasteiger partial charge in [0, 0.05) is 11.4 Å². The summed E-state index contributed by atoms with van der Waals surface area (Å²) in [5.41, 5.74) is 6.57.